The first-order valence-electron chi connectivity index (χ1n) is 11.0. The molecule has 1 amide bonds. The van der Waals surface area contributed by atoms with Crippen LogP contribution in [0, 0.1) is 11.8 Å². The van der Waals surface area contributed by atoms with Crippen molar-refractivity contribution in [2.75, 3.05) is 19.8 Å². The number of amides is 1. The van der Waals surface area contributed by atoms with Gasteiger partial charge in [-0.25, -0.2) is 0 Å². The molecule has 0 aromatic rings. The number of carbonyl (C=O) groups excluding carboxylic acids is 1. The largest absolute Gasteiger partial charge is 0.394 e. The molecule has 3 aliphatic heterocycles. The zero-order valence-corrected chi connectivity index (χ0v) is 18.2. The zero-order chi connectivity index (χ0) is 23.7. The van der Waals surface area contributed by atoms with E-state index in [4.69, 9.17) is 14.2 Å². The van der Waals surface area contributed by atoms with Gasteiger partial charge in [-0.2, -0.15) is 0 Å². The Labute approximate surface area is 185 Å². The maximum Gasteiger partial charge on any atom is 0.225 e. The molecule has 0 bridgehead atoms. The molecule has 7 N–H and O–H groups in total. The first kappa shape index (κ1) is 25.7. The summed E-state index contributed by atoms with van der Waals surface area (Å²) in [5.41, 5.74) is 0. The van der Waals surface area contributed by atoms with E-state index >= 15 is 0 Å². The van der Waals surface area contributed by atoms with Gasteiger partial charge in [0.05, 0.1) is 13.2 Å². The highest BCUT2D eigenvalue weighted by molar-refractivity contribution is 5.79. The Bertz CT molecular complexity index is 633. The van der Waals surface area contributed by atoms with Gasteiger partial charge in [-0.15, -0.1) is 0 Å². The Morgan fingerprint density at radius 1 is 0.938 bits per heavy atom. The van der Waals surface area contributed by atoms with Crippen molar-refractivity contribution >= 4 is 5.91 Å². The molecule has 0 aromatic carbocycles. The Balaban J connectivity index is 1.71. The van der Waals surface area contributed by atoms with Crippen LogP contribution in [0.25, 0.3) is 0 Å². The topological polar surface area (TPSA) is 190 Å². The molecule has 3 heterocycles. The third-order valence-corrected chi connectivity index (χ3v) is 6.33. The molecule has 11 atom stereocenters. The number of aliphatic hydroxyl groups is 7. The summed E-state index contributed by atoms with van der Waals surface area (Å²) in [5, 5.41) is 70.5. The lowest BCUT2D eigenvalue weighted by atomic mass is 9.95. The number of rotatable bonds is 7. The van der Waals surface area contributed by atoms with Crippen molar-refractivity contribution in [3.8, 4) is 0 Å². The van der Waals surface area contributed by atoms with Gasteiger partial charge >= 0.3 is 0 Å². The molecule has 12 nitrogen and oxygen atoms in total. The van der Waals surface area contributed by atoms with Gasteiger partial charge in [0.25, 0.3) is 0 Å². The van der Waals surface area contributed by atoms with Crippen LogP contribution in [-0.2, 0) is 19.0 Å². The van der Waals surface area contributed by atoms with Crippen molar-refractivity contribution in [1.82, 2.24) is 4.90 Å². The smallest absolute Gasteiger partial charge is 0.225 e. The lowest BCUT2D eigenvalue weighted by Crippen LogP contribution is -2.66. The van der Waals surface area contributed by atoms with E-state index in [-0.39, 0.29) is 11.8 Å². The van der Waals surface area contributed by atoms with Crippen molar-refractivity contribution in [3.05, 3.63) is 0 Å². The Morgan fingerprint density at radius 2 is 1.59 bits per heavy atom. The van der Waals surface area contributed by atoms with Crippen LogP contribution in [0.15, 0.2) is 0 Å². The number of likely N-dealkylation sites (tertiary alicyclic amines) is 1. The molecular weight excluding hydrogens is 430 g/mol. The monoisotopic (exact) mass is 465 g/mol. The van der Waals surface area contributed by atoms with E-state index in [1.165, 1.54) is 4.90 Å². The highest BCUT2D eigenvalue weighted by atomic mass is 16.7. The van der Waals surface area contributed by atoms with Gasteiger partial charge in [-0.3, -0.25) is 4.79 Å². The highest BCUT2D eigenvalue weighted by Gasteiger charge is 2.52. The molecule has 12 heteroatoms. The molecule has 3 rings (SSSR count). The van der Waals surface area contributed by atoms with Crippen LogP contribution in [-0.4, -0.2) is 128 Å². The Kier molecular flexibility index (Phi) is 8.47. The molecule has 0 saturated carbocycles. The first-order valence-corrected chi connectivity index (χ1v) is 11.0. The summed E-state index contributed by atoms with van der Waals surface area (Å²) in [6.07, 6.45) is -13.7. The van der Waals surface area contributed by atoms with Gasteiger partial charge < -0.3 is 54.9 Å². The molecule has 186 valence electrons. The van der Waals surface area contributed by atoms with E-state index < -0.39 is 74.6 Å². The average Bonchev–Trinajstić information content (AvgIpc) is 3.10. The maximum absolute atomic E-state index is 12.5. The Hall–Kier alpha value is -0.930. The number of ether oxygens (including phenoxy) is 3. The number of carbonyl (C=O) groups is 1. The fourth-order valence-electron chi connectivity index (χ4n) is 4.71. The first-order chi connectivity index (χ1) is 15.1. The maximum atomic E-state index is 12.5. The highest BCUT2D eigenvalue weighted by Crippen LogP contribution is 2.33. The molecule has 3 aliphatic rings. The van der Waals surface area contributed by atoms with E-state index in [1.807, 2.05) is 13.8 Å². The van der Waals surface area contributed by atoms with Crippen molar-refractivity contribution in [3.63, 3.8) is 0 Å². The van der Waals surface area contributed by atoms with Crippen LogP contribution >= 0.6 is 0 Å². The van der Waals surface area contributed by atoms with Crippen molar-refractivity contribution in [1.29, 1.82) is 0 Å². The summed E-state index contributed by atoms with van der Waals surface area (Å²) in [6, 6.07) is 0. The van der Waals surface area contributed by atoms with Crippen LogP contribution in [0.3, 0.4) is 0 Å². The zero-order valence-electron chi connectivity index (χ0n) is 18.2. The quantitative estimate of drug-likeness (QED) is 0.198. The van der Waals surface area contributed by atoms with Crippen molar-refractivity contribution in [2.45, 2.75) is 88.0 Å². The number of aliphatic hydroxyl groups excluding tert-OH is 7. The van der Waals surface area contributed by atoms with Crippen LogP contribution < -0.4 is 0 Å². The van der Waals surface area contributed by atoms with Gasteiger partial charge in [0.15, 0.2) is 12.5 Å². The van der Waals surface area contributed by atoms with Gasteiger partial charge in [-0.05, 0) is 18.3 Å². The van der Waals surface area contributed by atoms with E-state index in [1.54, 1.807) is 0 Å². The molecule has 3 saturated heterocycles. The predicted molar refractivity (Wildman–Crippen MR) is 106 cm³/mol. The lowest BCUT2D eigenvalue weighted by molar-refractivity contribution is -0.347. The van der Waals surface area contributed by atoms with Gasteiger partial charge in [0.1, 0.15) is 48.8 Å². The Morgan fingerprint density at radius 3 is 2.19 bits per heavy atom. The normalized spacial score (nSPS) is 45.6. The molecule has 0 spiro atoms. The average molecular weight is 465 g/mol. The lowest BCUT2D eigenvalue weighted by Gasteiger charge is -2.47. The molecule has 32 heavy (non-hydrogen) atoms. The molecule has 1 unspecified atom stereocenters. The number of hydrogen-bond acceptors (Lipinski definition) is 11. The molecule has 3 fully saturated rings. The SMILES string of the molecule is CC(C)C[C@H]1CC(=O)N(C2O[C@H](CO)[C@@H](O[C@@H]3O[C@H](CO)[C@H](O)[C@H](O)[C@H]3O)[C@H](O)[C@H]2O)C1. The minimum absolute atomic E-state index is 0.0890. The second kappa shape index (κ2) is 10.6. The fraction of sp³-hybridized carbons (Fsp3) is 0.950. The second-order valence-electron chi connectivity index (χ2n) is 9.27. The molecular formula is C20H35NO11. The van der Waals surface area contributed by atoms with Gasteiger partial charge in [0, 0.05) is 13.0 Å². The molecule has 0 aromatic heterocycles. The van der Waals surface area contributed by atoms with Gasteiger partial charge in [-0.1, -0.05) is 13.8 Å². The summed E-state index contributed by atoms with van der Waals surface area (Å²) >= 11 is 0. The van der Waals surface area contributed by atoms with E-state index in [9.17, 15) is 40.5 Å². The number of hydrogen-bond donors (Lipinski definition) is 7. The third-order valence-electron chi connectivity index (χ3n) is 6.33. The van der Waals surface area contributed by atoms with Crippen molar-refractivity contribution < 1.29 is 54.8 Å². The second-order valence-corrected chi connectivity index (χ2v) is 9.27. The minimum Gasteiger partial charge on any atom is -0.394 e. The fourth-order valence-corrected chi connectivity index (χ4v) is 4.71. The summed E-state index contributed by atoms with van der Waals surface area (Å²) in [6.45, 7) is 3.14. The van der Waals surface area contributed by atoms with Crippen molar-refractivity contribution in [2.24, 2.45) is 11.8 Å². The van der Waals surface area contributed by atoms with E-state index in [0.717, 1.165) is 6.42 Å². The summed E-state index contributed by atoms with van der Waals surface area (Å²) in [5.74, 6) is 0.250. The standard InChI is InChI=1S/C20H35NO11/c1-8(2)3-9-4-12(24)21(5-9)19-16(28)15(27)18(11(7-23)30-19)32-20-17(29)14(26)13(25)10(6-22)31-20/h8-11,13-20,22-23,25-29H,3-7H2,1-2H3/t9-,10+,11+,13-,14-,15+,16+,17+,18+,19?,20-/m0/s1. The van der Waals surface area contributed by atoms with Crippen LogP contribution in [0.5, 0.6) is 0 Å². The number of nitrogens with zero attached hydrogens (tertiary/aromatic N) is 1. The van der Waals surface area contributed by atoms with E-state index in [2.05, 4.69) is 0 Å². The predicted octanol–water partition coefficient (Wildman–Crippen LogP) is -3.49. The van der Waals surface area contributed by atoms with E-state index in [0.29, 0.717) is 18.9 Å². The minimum atomic E-state index is -1.73. The van der Waals surface area contributed by atoms with Crippen LogP contribution in [0.2, 0.25) is 0 Å². The van der Waals surface area contributed by atoms with Crippen LogP contribution in [0.1, 0.15) is 26.7 Å². The summed E-state index contributed by atoms with van der Waals surface area (Å²) < 4.78 is 16.6. The molecule has 0 aliphatic carbocycles. The summed E-state index contributed by atoms with van der Waals surface area (Å²) in [7, 11) is 0. The van der Waals surface area contributed by atoms with Crippen LogP contribution in [0.4, 0.5) is 0 Å². The van der Waals surface area contributed by atoms with Gasteiger partial charge in [0.2, 0.25) is 5.91 Å². The third kappa shape index (κ3) is 5.09. The summed E-state index contributed by atoms with van der Waals surface area (Å²) in [4.78, 5) is 13.9. The molecule has 0 radical (unpaired) electrons.